The number of hydrogen-bond acceptors (Lipinski definition) is 8. The summed E-state index contributed by atoms with van der Waals surface area (Å²) in [6.07, 6.45) is 1.82. The predicted octanol–water partition coefficient (Wildman–Crippen LogP) is 4.84. The van der Waals surface area contributed by atoms with Crippen LogP contribution >= 0.6 is 11.3 Å². The van der Waals surface area contributed by atoms with E-state index in [9.17, 15) is 9.59 Å². The van der Waals surface area contributed by atoms with Crippen molar-refractivity contribution in [3.8, 4) is 11.5 Å². The Morgan fingerprint density at radius 2 is 1.72 bits per heavy atom. The van der Waals surface area contributed by atoms with Gasteiger partial charge in [-0.3, -0.25) is 9.36 Å². The summed E-state index contributed by atoms with van der Waals surface area (Å²) < 4.78 is 19.4. The Balaban J connectivity index is 1.56. The van der Waals surface area contributed by atoms with Crippen LogP contribution in [0.1, 0.15) is 43.5 Å². The van der Waals surface area contributed by atoms with Gasteiger partial charge in [0.2, 0.25) is 0 Å². The molecule has 1 unspecified atom stereocenters. The fourth-order valence-electron chi connectivity index (χ4n) is 4.95. The maximum atomic E-state index is 14.0. The molecule has 1 atom stereocenters. The lowest BCUT2D eigenvalue weighted by Gasteiger charge is -2.25. The van der Waals surface area contributed by atoms with E-state index in [1.807, 2.05) is 105 Å². The van der Waals surface area contributed by atoms with E-state index in [0.717, 1.165) is 22.4 Å². The van der Waals surface area contributed by atoms with Gasteiger partial charge in [0.1, 0.15) is 6.61 Å². The molecule has 8 nitrogen and oxygen atoms in total. The molecule has 43 heavy (non-hydrogen) atoms. The number of ether oxygens (including phenoxy) is 3. The highest BCUT2D eigenvalue weighted by molar-refractivity contribution is 7.07. The topological polar surface area (TPSA) is 82.4 Å². The quantitative estimate of drug-likeness (QED) is 0.243. The number of benzene rings is 3. The summed E-state index contributed by atoms with van der Waals surface area (Å²) in [5, 5.41) is 0. The molecule has 1 aliphatic rings. The molecule has 0 radical (unpaired) electrons. The first kappa shape index (κ1) is 29.8. The normalized spacial score (nSPS) is 14.6. The van der Waals surface area contributed by atoms with Crippen LogP contribution in [0.3, 0.4) is 0 Å². The van der Waals surface area contributed by atoms with E-state index >= 15 is 0 Å². The van der Waals surface area contributed by atoms with Gasteiger partial charge < -0.3 is 19.1 Å². The number of thiazole rings is 1. The monoisotopic (exact) mass is 597 g/mol. The van der Waals surface area contributed by atoms with Gasteiger partial charge in [-0.2, -0.15) is 0 Å². The molecule has 222 valence electrons. The van der Waals surface area contributed by atoms with Gasteiger partial charge in [-0.25, -0.2) is 9.79 Å². The molecule has 1 aliphatic heterocycles. The summed E-state index contributed by atoms with van der Waals surface area (Å²) in [6, 6.07) is 22.7. The number of fused-ring (bicyclic) bond motifs is 1. The third kappa shape index (κ3) is 6.41. The van der Waals surface area contributed by atoms with Crippen LogP contribution in [0.2, 0.25) is 0 Å². The molecule has 2 heterocycles. The van der Waals surface area contributed by atoms with Crippen molar-refractivity contribution in [3.05, 3.63) is 120 Å². The molecule has 0 amide bonds. The van der Waals surface area contributed by atoms with Crippen molar-refractivity contribution in [3.63, 3.8) is 0 Å². The van der Waals surface area contributed by atoms with Crippen LogP contribution in [0.15, 0.2) is 93.9 Å². The molecule has 0 saturated carbocycles. The minimum absolute atomic E-state index is 0.222. The second-order valence-corrected chi connectivity index (χ2v) is 11.2. The number of carbonyl (C=O) groups excluding carboxylic acids is 1. The first-order chi connectivity index (χ1) is 20.8. The summed E-state index contributed by atoms with van der Waals surface area (Å²) in [5.41, 5.74) is 4.31. The summed E-state index contributed by atoms with van der Waals surface area (Å²) in [5.74, 6) is 0.742. The predicted molar refractivity (Wildman–Crippen MR) is 170 cm³/mol. The van der Waals surface area contributed by atoms with Crippen LogP contribution in [0.4, 0.5) is 5.69 Å². The van der Waals surface area contributed by atoms with E-state index in [4.69, 9.17) is 14.2 Å². The van der Waals surface area contributed by atoms with Crippen molar-refractivity contribution >= 4 is 29.1 Å². The highest BCUT2D eigenvalue weighted by atomic mass is 32.1. The first-order valence-corrected chi connectivity index (χ1v) is 15.0. The molecule has 0 aliphatic carbocycles. The molecule has 0 bridgehead atoms. The average molecular weight is 598 g/mol. The van der Waals surface area contributed by atoms with Crippen LogP contribution in [0, 0.1) is 0 Å². The molecular weight excluding hydrogens is 562 g/mol. The lowest BCUT2D eigenvalue weighted by atomic mass is 9.95. The van der Waals surface area contributed by atoms with Gasteiger partial charge in [0.25, 0.3) is 5.56 Å². The fourth-order valence-corrected chi connectivity index (χ4v) is 6.00. The zero-order valence-electron chi connectivity index (χ0n) is 25.0. The zero-order valence-corrected chi connectivity index (χ0v) is 25.8. The lowest BCUT2D eigenvalue weighted by Crippen LogP contribution is -2.39. The average Bonchev–Trinajstić information content (AvgIpc) is 3.30. The second kappa shape index (κ2) is 13.1. The molecule has 1 aromatic heterocycles. The standard InChI is InChI=1S/C34H35N3O5S/c1-6-40-28-19-24(13-18-27(28)42-21-23-11-9-8-10-12-23)20-29-32(38)37-31(25-14-16-26(17-15-25)36(4)5)30(33(39)41-7-2)22(3)35-34(37)43-29/h8-20,31H,6-7,21H2,1-5H3/b29-20-. The van der Waals surface area contributed by atoms with E-state index in [2.05, 4.69) is 4.99 Å². The molecule has 4 aromatic rings. The van der Waals surface area contributed by atoms with Crippen molar-refractivity contribution in [2.24, 2.45) is 4.99 Å². The Labute approximate surface area is 254 Å². The number of nitrogens with zero attached hydrogens (tertiary/aromatic N) is 3. The highest BCUT2D eigenvalue weighted by Crippen LogP contribution is 2.32. The zero-order chi connectivity index (χ0) is 30.5. The maximum Gasteiger partial charge on any atom is 0.338 e. The number of hydrogen-bond donors (Lipinski definition) is 0. The number of esters is 1. The van der Waals surface area contributed by atoms with E-state index in [1.54, 1.807) is 18.4 Å². The fraction of sp³-hybridized carbons (Fsp3) is 0.265. The molecule has 0 fully saturated rings. The van der Waals surface area contributed by atoms with Crippen molar-refractivity contribution < 1.29 is 19.0 Å². The van der Waals surface area contributed by atoms with E-state index in [-0.39, 0.29) is 12.2 Å². The number of rotatable bonds is 10. The lowest BCUT2D eigenvalue weighted by molar-refractivity contribution is -0.139. The molecule has 3 aromatic carbocycles. The molecular formula is C34H35N3O5S. The van der Waals surface area contributed by atoms with Gasteiger partial charge in [-0.15, -0.1) is 0 Å². The van der Waals surface area contributed by atoms with Crippen molar-refractivity contribution in [2.75, 3.05) is 32.2 Å². The third-order valence-electron chi connectivity index (χ3n) is 7.04. The third-order valence-corrected chi connectivity index (χ3v) is 8.03. The highest BCUT2D eigenvalue weighted by Gasteiger charge is 2.33. The van der Waals surface area contributed by atoms with Crippen molar-refractivity contribution in [1.82, 2.24) is 4.57 Å². The summed E-state index contributed by atoms with van der Waals surface area (Å²) in [6.45, 7) is 6.57. The van der Waals surface area contributed by atoms with Gasteiger partial charge in [-0.1, -0.05) is 59.9 Å². The van der Waals surface area contributed by atoms with E-state index in [0.29, 0.717) is 45.3 Å². The maximum absolute atomic E-state index is 14.0. The molecule has 0 saturated heterocycles. The Morgan fingerprint density at radius 1 is 0.977 bits per heavy atom. The SMILES string of the molecule is CCOC(=O)C1=C(C)N=c2s/c(=C\c3ccc(OCc4ccccc4)c(OCC)c3)c(=O)n2C1c1ccc(N(C)C)cc1. The molecule has 0 spiro atoms. The van der Waals surface area contributed by atoms with Gasteiger partial charge in [0.05, 0.1) is 35.1 Å². The van der Waals surface area contributed by atoms with Crippen molar-refractivity contribution in [2.45, 2.75) is 33.4 Å². The Hall–Kier alpha value is -4.63. The summed E-state index contributed by atoms with van der Waals surface area (Å²) in [4.78, 5) is 34.4. The molecule has 9 heteroatoms. The minimum Gasteiger partial charge on any atom is -0.490 e. The first-order valence-electron chi connectivity index (χ1n) is 14.2. The number of anilines is 1. The van der Waals surface area contributed by atoms with Crippen LogP contribution in [-0.2, 0) is 16.1 Å². The van der Waals surface area contributed by atoms with Crippen LogP contribution in [0.25, 0.3) is 6.08 Å². The van der Waals surface area contributed by atoms with Gasteiger partial charge in [-0.05, 0) is 67.8 Å². The van der Waals surface area contributed by atoms with Crippen LogP contribution in [-0.4, -0.2) is 37.8 Å². The van der Waals surface area contributed by atoms with Crippen molar-refractivity contribution in [1.29, 1.82) is 0 Å². The number of carbonyl (C=O) groups is 1. The Bertz CT molecular complexity index is 1820. The number of allylic oxidation sites excluding steroid dienone is 1. The van der Waals surface area contributed by atoms with Gasteiger partial charge >= 0.3 is 5.97 Å². The second-order valence-electron chi connectivity index (χ2n) is 10.2. The summed E-state index contributed by atoms with van der Waals surface area (Å²) in [7, 11) is 3.93. The Kier molecular flexibility index (Phi) is 9.11. The van der Waals surface area contributed by atoms with Gasteiger partial charge in [0.15, 0.2) is 16.3 Å². The van der Waals surface area contributed by atoms with E-state index < -0.39 is 12.0 Å². The van der Waals surface area contributed by atoms with Crippen LogP contribution < -0.4 is 29.3 Å². The van der Waals surface area contributed by atoms with Crippen LogP contribution in [0.5, 0.6) is 11.5 Å². The smallest absolute Gasteiger partial charge is 0.338 e. The molecule has 5 rings (SSSR count). The van der Waals surface area contributed by atoms with E-state index in [1.165, 1.54) is 11.3 Å². The summed E-state index contributed by atoms with van der Waals surface area (Å²) >= 11 is 1.29. The minimum atomic E-state index is -0.665. The van der Waals surface area contributed by atoms with Gasteiger partial charge in [0, 0.05) is 19.8 Å². The largest absolute Gasteiger partial charge is 0.490 e. The Morgan fingerprint density at radius 3 is 2.40 bits per heavy atom. The molecule has 0 N–H and O–H groups in total. The number of aromatic nitrogens is 1.